The van der Waals surface area contributed by atoms with Crippen molar-refractivity contribution in [2.75, 3.05) is 12.4 Å². The predicted molar refractivity (Wildman–Crippen MR) is 88.4 cm³/mol. The van der Waals surface area contributed by atoms with Crippen LogP contribution >= 0.6 is 7.37 Å². The molecule has 0 radical (unpaired) electrons. The van der Waals surface area contributed by atoms with Crippen molar-refractivity contribution in [1.29, 1.82) is 0 Å². The highest BCUT2D eigenvalue weighted by Crippen LogP contribution is 2.42. The second-order valence-corrected chi connectivity index (χ2v) is 7.33. The molecular formula is C15H24NO6P. The molecule has 0 aromatic rings. The summed E-state index contributed by atoms with van der Waals surface area (Å²) < 4.78 is 12.1. The first-order chi connectivity index (χ1) is 10.7. The van der Waals surface area contributed by atoms with Crippen LogP contribution in [0.25, 0.3) is 0 Å². The van der Waals surface area contributed by atoms with E-state index in [4.69, 9.17) is 10.2 Å². The molecule has 0 aromatic heterocycles. The molecule has 8 heteroatoms. The van der Waals surface area contributed by atoms with Gasteiger partial charge in [-0.25, -0.2) is 0 Å². The first kappa shape index (κ1) is 21.1. The highest BCUT2D eigenvalue weighted by Gasteiger charge is 2.29. The van der Waals surface area contributed by atoms with E-state index >= 15 is 0 Å². The largest absolute Gasteiger partial charge is 0.481 e. The van der Waals surface area contributed by atoms with Crippen molar-refractivity contribution in [2.45, 2.75) is 26.7 Å². The number of hydrogen-bond donors (Lipinski definition) is 4. The Morgan fingerprint density at radius 1 is 1.22 bits per heavy atom. The fourth-order valence-corrected chi connectivity index (χ4v) is 3.33. The molecule has 0 heterocycles. The first-order valence-corrected chi connectivity index (χ1v) is 9.19. The molecule has 0 aromatic carbocycles. The van der Waals surface area contributed by atoms with Crippen molar-refractivity contribution in [2.24, 2.45) is 5.92 Å². The van der Waals surface area contributed by atoms with Crippen molar-refractivity contribution in [3.05, 3.63) is 36.1 Å². The summed E-state index contributed by atoms with van der Waals surface area (Å²) in [5, 5.41) is 20.4. The number of nitrogens with one attached hydrogen (secondary N) is 1. The molecule has 7 nitrogen and oxygen atoms in total. The number of carbonyl (C=O) groups is 2. The molecule has 0 aliphatic heterocycles. The number of carboxylic acid groups (broad SMARTS) is 2. The topological polar surface area (TPSA) is 124 Å². The van der Waals surface area contributed by atoms with Gasteiger partial charge >= 0.3 is 11.9 Å². The Bertz CT molecular complexity index is 538. The van der Waals surface area contributed by atoms with Crippen molar-refractivity contribution < 1.29 is 29.3 Å². The van der Waals surface area contributed by atoms with Crippen molar-refractivity contribution in [3.63, 3.8) is 0 Å². The number of carboxylic acids is 2. The van der Waals surface area contributed by atoms with E-state index in [1.54, 1.807) is 31.2 Å². The Morgan fingerprint density at radius 2 is 1.87 bits per heavy atom. The van der Waals surface area contributed by atoms with Gasteiger partial charge < -0.3 is 20.4 Å². The molecule has 0 aliphatic rings. The van der Waals surface area contributed by atoms with Crippen LogP contribution in [0, 0.1) is 5.92 Å². The van der Waals surface area contributed by atoms with Gasteiger partial charge in [0.25, 0.3) is 0 Å². The highest BCUT2D eigenvalue weighted by molar-refractivity contribution is 7.58. The van der Waals surface area contributed by atoms with Gasteiger partial charge in [-0.1, -0.05) is 24.3 Å². The Labute approximate surface area is 135 Å². The SMILES string of the molecule is C\C=C/C=C\C(=C/C)NCP(=O)(O)CC(CCC(=O)O)C(=O)O. The van der Waals surface area contributed by atoms with Crippen molar-refractivity contribution in [1.82, 2.24) is 5.32 Å². The average Bonchev–Trinajstić information content (AvgIpc) is 2.46. The lowest BCUT2D eigenvalue weighted by Crippen LogP contribution is -2.23. The van der Waals surface area contributed by atoms with Crippen molar-refractivity contribution >= 4 is 19.3 Å². The molecule has 4 N–H and O–H groups in total. The minimum atomic E-state index is -3.75. The summed E-state index contributed by atoms with van der Waals surface area (Å²) >= 11 is 0. The van der Waals surface area contributed by atoms with Crippen LogP contribution in [0.1, 0.15) is 26.7 Å². The van der Waals surface area contributed by atoms with E-state index in [9.17, 15) is 19.0 Å². The average molecular weight is 345 g/mol. The highest BCUT2D eigenvalue weighted by atomic mass is 31.2. The predicted octanol–water partition coefficient (Wildman–Crippen LogP) is 2.41. The van der Waals surface area contributed by atoms with Gasteiger partial charge in [0.2, 0.25) is 7.37 Å². The van der Waals surface area contributed by atoms with Gasteiger partial charge in [-0.15, -0.1) is 0 Å². The molecule has 2 atom stereocenters. The van der Waals surface area contributed by atoms with E-state index in [-0.39, 0.29) is 19.1 Å². The summed E-state index contributed by atoms with van der Waals surface area (Å²) in [6.45, 7) is 3.62. The van der Waals surface area contributed by atoms with Crippen LogP contribution in [0.15, 0.2) is 36.1 Å². The molecule has 130 valence electrons. The molecule has 0 saturated carbocycles. The van der Waals surface area contributed by atoms with Gasteiger partial charge in [-0.3, -0.25) is 14.2 Å². The minimum Gasteiger partial charge on any atom is -0.481 e. The molecule has 2 unspecified atom stereocenters. The number of aliphatic carboxylic acids is 2. The van der Waals surface area contributed by atoms with E-state index < -0.39 is 31.4 Å². The van der Waals surface area contributed by atoms with Gasteiger partial charge in [0, 0.05) is 18.3 Å². The summed E-state index contributed by atoms with van der Waals surface area (Å²) in [6, 6.07) is 0. The zero-order valence-corrected chi connectivity index (χ0v) is 14.2. The van der Waals surface area contributed by atoms with Gasteiger partial charge in [-0.2, -0.15) is 0 Å². The Balaban J connectivity index is 4.68. The van der Waals surface area contributed by atoms with E-state index in [2.05, 4.69) is 5.32 Å². The van der Waals surface area contributed by atoms with Crippen LogP contribution in [0.2, 0.25) is 0 Å². The quantitative estimate of drug-likeness (QED) is 0.335. The van der Waals surface area contributed by atoms with E-state index in [1.807, 2.05) is 13.0 Å². The fourth-order valence-electron chi connectivity index (χ4n) is 1.74. The lowest BCUT2D eigenvalue weighted by Gasteiger charge is -2.18. The Morgan fingerprint density at radius 3 is 2.35 bits per heavy atom. The maximum absolute atomic E-state index is 12.1. The summed E-state index contributed by atoms with van der Waals surface area (Å²) in [5.74, 6) is -3.55. The zero-order valence-electron chi connectivity index (χ0n) is 13.3. The lowest BCUT2D eigenvalue weighted by atomic mass is 10.1. The lowest BCUT2D eigenvalue weighted by molar-refractivity contribution is -0.142. The van der Waals surface area contributed by atoms with E-state index in [0.29, 0.717) is 5.70 Å². The monoisotopic (exact) mass is 345 g/mol. The summed E-state index contributed by atoms with van der Waals surface area (Å²) in [4.78, 5) is 31.5. The third-order valence-corrected chi connectivity index (χ3v) is 4.65. The summed E-state index contributed by atoms with van der Waals surface area (Å²) in [6.07, 6.45) is 7.58. The molecule has 23 heavy (non-hydrogen) atoms. The van der Waals surface area contributed by atoms with Crippen LogP contribution < -0.4 is 5.32 Å². The van der Waals surface area contributed by atoms with Crippen LogP contribution in [0.4, 0.5) is 0 Å². The molecular weight excluding hydrogens is 321 g/mol. The molecule has 0 bridgehead atoms. The number of hydrogen-bond acceptors (Lipinski definition) is 4. The molecule has 0 amide bonds. The summed E-state index contributed by atoms with van der Waals surface area (Å²) in [7, 11) is -3.75. The second kappa shape index (κ2) is 10.8. The molecule has 0 aliphatic carbocycles. The normalized spacial score (nSPS) is 16.4. The fraction of sp³-hybridized carbons (Fsp3) is 0.467. The third kappa shape index (κ3) is 10.5. The van der Waals surface area contributed by atoms with Crippen LogP contribution in [-0.4, -0.2) is 39.5 Å². The van der Waals surface area contributed by atoms with Gasteiger partial charge in [0.1, 0.15) is 0 Å². The number of rotatable bonds is 11. The maximum Gasteiger partial charge on any atom is 0.307 e. The van der Waals surface area contributed by atoms with Crippen molar-refractivity contribution in [3.8, 4) is 0 Å². The summed E-state index contributed by atoms with van der Waals surface area (Å²) in [5.41, 5.74) is 0.634. The smallest absolute Gasteiger partial charge is 0.307 e. The minimum absolute atomic E-state index is 0.174. The zero-order chi connectivity index (χ0) is 17.9. The molecule has 0 fully saturated rings. The van der Waals surface area contributed by atoms with E-state index in [0.717, 1.165) is 0 Å². The van der Waals surface area contributed by atoms with Crippen LogP contribution in [0.5, 0.6) is 0 Å². The maximum atomic E-state index is 12.1. The third-order valence-electron chi connectivity index (χ3n) is 2.98. The van der Waals surface area contributed by atoms with Crippen LogP contribution in [-0.2, 0) is 14.2 Å². The molecule has 0 rings (SSSR count). The Hall–Kier alpha value is -1.85. The Kier molecular flexibility index (Phi) is 9.94. The van der Waals surface area contributed by atoms with Gasteiger partial charge in [-0.05, 0) is 26.3 Å². The van der Waals surface area contributed by atoms with E-state index in [1.165, 1.54) is 0 Å². The standard InChI is InChI=1S/C15H24NO6P/c1-3-5-6-7-13(4-2)16-11-23(21,22)10-12(15(19)20)8-9-14(17)18/h3-7,12,16H,8-11H2,1-2H3,(H,17,18)(H,19,20)(H,21,22)/b5-3-,7-6-,13-4+. The van der Waals surface area contributed by atoms with Gasteiger partial charge in [0.15, 0.2) is 0 Å². The molecule has 0 spiro atoms. The first-order valence-electron chi connectivity index (χ1n) is 7.16. The van der Waals surface area contributed by atoms with Crippen LogP contribution in [0.3, 0.4) is 0 Å². The second-order valence-electron chi connectivity index (χ2n) is 4.96. The molecule has 0 saturated heterocycles. The number of allylic oxidation sites excluding steroid dienone is 5. The van der Waals surface area contributed by atoms with Gasteiger partial charge in [0.05, 0.1) is 12.2 Å².